The van der Waals surface area contributed by atoms with Gasteiger partial charge in [-0.25, -0.2) is 4.98 Å². The third-order valence-electron chi connectivity index (χ3n) is 3.22. The lowest BCUT2D eigenvalue weighted by molar-refractivity contribution is -0.137. The molecule has 0 radical (unpaired) electrons. The van der Waals surface area contributed by atoms with E-state index in [1.54, 1.807) is 12.1 Å². The van der Waals surface area contributed by atoms with E-state index in [2.05, 4.69) is 9.97 Å². The number of halogens is 3. The Labute approximate surface area is 122 Å². The topological polar surface area (TPSA) is 71.8 Å². The van der Waals surface area contributed by atoms with E-state index >= 15 is 0 Å². The highest BCUT2D eigenvalue weighted by atomic mass is 19.4. The number of benzene rings is 2. The van der Waals surface area contributed by atoms with Gasteiger partial charge in [-0.2, -0.15) is 13.2 Å². The van der Waals surface area contributed by atoms with E-state index in [0.717, 1.165) is 12.1 Å². The fourth-order valence-corrected chi connectivity index (χ4v) is 2.11. The summed E-state index contributed by atoms with van der Waals surface area (Å²) in [5, 5.41) is 0.329. The van der Waals surface area contributed by atoms with Crippen LogP contribution in [0.2, 0.25) is 0 Å². The normalized spacial score (nSPS) is 11.8. The molecule has 0 saturated heterocycles. The SMILES string of the molecule is Nc1ccc2nc(-c3ccc(C(F)(F)F)cc3)[nH]c(=O)c2c1. The minimum atomic E-state index is -4.40. The maximum Gasteiger partial charge on any atom is 0.416 e. The molecule has 0 fully saturated rings. The zero-order valence-electron chi connectivity index (χ0n) is 11.1. The predicted molar refractivity (Wildman–Crippen MR) is 77.2 cm³/mol. The van der Waals surface area contributed by atoms with Crippen LogP contribution < -0.4 is 11.3 Å². The summed E-state index contributed by atoms with van der Waals surface area (Å²) >= 11 is 0. The van der Waals surface area contributed by atoms with Gasteiger partial charge in [-0.05, 0) is 30.3 Å². The number of nitrogens with one attached hydrogen (secondary N) is 1. The molecule has 0 atom stereocenters. The van der Waals surface area contributed by atoms with E-state index in [1.165, 1.54) is 18.2 Å². The number of rotatable bonds is 1. The van der Waals surface area contributed by atoms with Gasteiger partial charge in [0.15, 0.2) is 0 Å². The van der Waals surface area contributed by atoms with Crippen LogP contribution in [-0.2, 0) is 6.18 Å². The predicted octanol–water partition coefficient (Wildman–Crippen LogP) is 3.19. The molecule has 0 aliphatic carbocycles. The first-order valence-electron chi connectivity index (χ1n) is 6.32. The summed E-state index contributed by atoms with van der Waals surface area (Å²) in [5.41, 5.74) is 5.71. The molecule has 112 valence electrons. The van der Waals surface area contributed by atoms with Crippen molar-refractivity contribution in [3.63, 3.8) is 0 Å². The van der Waals surface area contributed by atoms with Crippen molar-refractivity contribution in [3.8, 4) is 11.4 Å². The maximum atomic E-state index is 12.5. The Balaban J connectivity index is 2.11. The molecule has 0 unspecified atom stereocenters. The first kappa shape index (κ1) is 14.1. The number of nitrogen functional groups attached to an aromatic ring is 1. The quantitative estimate of drug-likeness (QED) is 0.678. The number of aromatic nitrogens is 2. The number of alkyl halides is 3. The third-order valence-corrected chi connectivity index (χ3v) is 3.22. The van der Waals surface area contributed by atoms with E-state index in [1.807, 2.05) is 0 Å². The van der Waals surface area contributed by atoms with Gasteiger partial charge in [-0.15, -0.1) is 0 Å². The number of hydrogen-bond donors (Lipinski definition) is 2. The molecule has 1 aromatic heterocycles. The van der Waals surface area contributed by atoms with Crippen LogP contribution in [0, 0.1) is 0 Å². The molecule has 2 aromatic carbocycles. The van der Waals surface area contributed by atoms with E-state index < -0.39 is 17.3 Å². The molecule has 0 amide bonds. The van der Waals surface area contributed by atoms with E-state index in [9.17, 15) is 18.0 Å². The van der Waals surface area contributed by atoms with Crippen LogP contribution in [0.4, 0.5) is 18.9 Å². The van der Waals surface area contributed by atoms with Gasteiger partial charge < -0.3 is 10.7 Å². The summed E-state index contributed by atoms with van der Waals surface area (Å²) in [6, 6.07) is 9.12. The second-order valence-electron chi connectivity index (χ2n) is 4.77. The highest BCUT2D eigenvalue weighted by Crippen LogP contribution is 2.30. The van der Waals surface area contributed by atoms with Crippen LogP contribution in [0.15, 0.2) is 47.3 Å². The first-order chi connectivity index (χ1) is 10.3. The van der Waals surface area contributed by atoms with Gasteiger partial charge in [0.25, 0.3) is 5.56 Å². The van der Waals surface area contributed by atoms with Gasteiger partial charge in [-0.3, -0.25) is 4.79 Å². The monoisotopic (exact) mass is 305 g/mol. The van der Waals surface area contributed by atoms with E-state index in [-0.39, 0.29) is 5.82 Å². The largest absolute Gasteiger partial charge is 0.416 e. The van der Waals surface area contributed by atoms with Crippen molar-refractivity contribution in [2.45, 2.75) is 6.18 Å². The minimum Gasteiger partial charge on any atom is -0.399 e. The highest BCUT2D eigenvalue weighted by molar-refractivity contribution is 5.82. The van der Waals surface area contributed by atoms with Gasteiger partial charge in [0, 0.05) is 11.3 Å². The minimum absolute atomic E-state index is 0.205. The molecule has 22 heavy (non-hydrogen) atoms. The van der Waals surface area contributed by atoms with Crippen LogP contribution in [0.1, 0.15) is 5.56 Å². The molecule has 7 heteroatoms. The van der Waals surface area contributed by atoms with Gasteiger partial charge in [0.2, 0.25) is 0 Å². The number of H-pyrrole nitrogens is 1. The summed E-state index contributed by atoms with van der Waals surface area (Å²) in [6.45, 7) is 0. The Hall–Kier alpha value is -2.83. The first-order valence-corrected chi connectivity index (χ1v) is 6.32. The van der Waals surface area contributed by atoms with E-state index in [0.29, 0.717) is 22.2 Å². The maximum absolute atomic E-state index is 12.5. The number of hydrogen-bond acceptors (Lipinski definition) is 3. The van der Waals surface area contributed by atoms with Crippen LogP contribution >= 0.6 is 0 Å². The molecule has 3 N–H and O–H groups in total. The Morgan fingerprint density at radius 1 is 1.05 bits per heavy atom. The Bertz CT molecular complexity index is 899. The average Bonchev–Trinajstić information content (AvgIpc) is 2.47. The van der Waals surface area contributed by atoms with Crippen molar-refractivity contribution in [1.82, 2.24) is 9.97 Å². The van der Waals surface area contributed by atoms with Crippen LogP contribution in [0.5, 0.6) is 0 Å². The standard InChI is InChI=1S/C15H10F3N3O/c16-15(17,18)9-3-1-8(2-4-9)13-20-12-6-5-10(19)7-11(12)14(22)21-13/h1-7H,19H2,(H,20,21,22). The second-order valence-corrected chi connectivity index (χ2v) is 4.77. The molecule has 4 nitrogen and oxygen atoms in total. The van der Waals surface area contributed by atoms with Gasteiger partial charge in [0.1, 0.15) is 5.82 Å². The zero-order valence-corrected chi connectivity index (χ0v) is 11.1. The summed E-state index contributed by atoms with van der Waals surface area (Å²) < 4.78 is 37.6. The van der Waals surface area contributed by atoms with Crippen molar-refractivity contribution in [1.29, 1.82) is 0 Å². The molecule has 0 bridgehead atoms. The molecular formula is C15H10F3N3O. The molecular weight excluding hydrogens is 295 g/mol. The van der Waals surface area contributed by atoms with Gasteiger partial charge in [-0.1, -0.05) is 12.1 Å². The summed E-state index contributed by atoms with van der Waals surface area (Å²) in [7, 11) is 0. The molecule has 0 spiro atoms. The third kappa shape index (κ3) is 2.52. The number of anilines is 1. The number of fused-ring (bicyclic) bond motifs is 1. The summed E-state index contributed by atoms with van der Waals surface area (Å²) in [6.07, 6.45) is -4.40. The highest BCUT2D eigenvalue weighted by Gasteiger charge is 2.30. The summed E-state index contributed by atoms with van der Waals surface area (Å²) in [5.74, 6) is 0.205. The average molecular weight is 305 g/mol. The summed E-state index contributed by atoms with van der Waals surface area (Å²) in [4.78, 5) is 18.8. The van der Waals surface area contributed by atoms with Crippen LogP contribution in [0.3, 0.4) is 0 Å². The van der Waals surface area contributed by atoms with Crippen LogP contribution in [0.25, 0.3) is 22.3 Å². The van der Waals surface area contributed by atoms with Gasteiger partial charge >= 0.3 is 6.18 Å². The number of nitrogens with zero attached hydrogens (tertiary/aromatic N) is 1. The van der Waals surface area contributed by atoms with Crippen molar-refractivity contribution >= 4 is 16.6 Å². The van der Waals surface area contributed by atoms with E-state index in [4.69, 9.17) is 5.73 Å². The second kappa shape index (κ2) is 4.87. The molecule has 0 aliphatic rings. The molecule has 0 saturated carbocycles. The Morgan fingerprint density at radius 3 is 2.36 bits per heavy atom. The smallest absolute Gasteiger partial charge is 0.399 e. The number of nitrogens with two attached hydrogens (primary N) is 1. The van der Waals surface area contributed by atoms with Crippen LogP contribution in [-0.4, -0.2) is 9.97 Å². The molecule has 3 rings (SSSR count). The fourth-order valence-electron chi connectivity index (χ4n) is 2.11. The van der Waals surface area contributed by atoms with Crippen molar-refractivity contribution < 1.29 is 13.2 Å². The molecule has 0 aliphatic heterocycles. The lowest BCUT2D eigenvalue weighted by atomic mass is 10.1. The van der Waals surface area contributed by atoms with Crippen molar-refractivity contribution in [2.75, 3.05) is 5.73 Å². The lowest BCUT2D eigenvalue weighted by Crippen LogP contribution is -2.10. The molecule has 1 heterocycles. The van der Waals surface area contributed by atoms with Crippen molar-refractivity contribution in [3.05, 3.63) is 58.4 Å². The van der Waals surface area contributed by atoms with Gasteiger partial charge in [0.05, 0.1) is 16.5 Å². The fraction of sp³-hybridized carbons (Fsp3) is 0.0667. The molecule has 3 aromatic rings. The van der Waals surface area contributed by atoms with Crippen molar-refractivity contribution in [2.24, 2.45) is 0 Å². The zero-order chi connectivity index (χ0) is 15.9. The Morgan fingerprint density at radius 2 is 1.73 bits per heavy atom. The Kier molecular flexibility index (Phi) is 3.13. The number of aromatic amines is 1. The lowest BCUT2D eigenvalue weighted by Gasteiger charge is -2.08.